The van der Waals surface area contributed by atoms with Crippen molar-refractivity contribution in [2.24, 2.45) is 0 Å². The summed E-state index contributed by atoms with van der Waals surface area (Å²) in [7, 11) is 0. The van der Waals surface area contributed by atoms with Gasteiger partial charge in [0.25, 0.3) is 0 Å². The quantitative estimate of drug-likeness (QED) is 0.566. The Bertz CT molecular complexity index is 409. The predicted octanol–water partition coefficient (Wildman–Crippen LogP) is -0.497. The molecule has 94 valence electrons. The van der Waals surface area contributed by atoms with Crippen LogP contribution in [0.25, 0.3) is 0 Å². The third-order valence-electron chi connectivity index (χ3n) is 2.41. The number of hydrogen-bond donors (Lipinski definition) is 4. The molecule has 1 rings (SSSR count). The van der Waals surface area contributed by atoms with Gasteiger partial charge in [0.2, 0.25) is 5.91 Å². The molecule has 2 atom stereocenters. The summed E-state index contributed by atoms with van der Waals surface area (Å²) < 4.78 is 0. The number of aryl methyl sites for hydroxylation is 1. The summed E-state index contributed by atoms with van der Waals surface area (Å²) >= 11 is 0. The molecular weight excluding hydrogens is 222 g/mol. The molecule has 17 heavy (non-hydrogen) atoms. The van der Waals surface area contributed by atoms with Crippen LogP contribution < -0.4 is 11.1 Å². The summed E-state index contributed by atoms with van der Waals surface area (Å²) in [6.45, 7) is 3.06. The second-order valence-electron chi connectivity index (χ2n) is 3.89. The summed E-state index contributed by atoms with van der Waals surface area (Å²) in [4.78, 5) is 14.7. The van der Waals surface area contributed by atoms with E-state index in [0.717, 1.165) is 0 Å². The number of pyridine rings is 1. The second kappa shape index (κ2) is 5.60. The molecule has 0 saturated heterocycles. The van der Waals surface area contributed by atoms with Gasteiger partial charge in [-0.2, -0.15) is 0 Å². The fraction of sp³-hybridized carbons (Fsp3) is 0.455. The number of nitrogens with one attached hydrogen (secondary N) is 1. The summed E-state index contributed by atoms with van der Waals surface area (Å²) in [5, 5.41) is 21.9. The highest BCUT2D eigenvalue weighted by atomic mass is 16.3. The molecule has 0 aromatic carbocycles. The number of aromatic nitrogens is 1. The van der Waals surface area contributed by atoms with E-state index in [1.165, 1.54) is 13.1 Å². The SMILES string of the molecule is CC(=O)NCC(O)C(O)c1cnc(C)c(N)c1. The number of nitrogens with zero attached hydrogens (tertiary/aromatic N) is 1. The summed E-state index contributed by atoms with van der Waals surface area (Å²) in [5.41, 5.74) is 7.19. The van der Waals surface area contributed by atoms with E-state index < -0.39 is 12.2 Å². The van der Waals surface area contributed by atoms with Crippen molar-refractivity contribution in [1.82, 2.24) is 10.3 Å². The number of rotatable bonds is 4. The Kier molecular flexibility index (Phi) is 4.42. The van der Waals surface area contributed by atoms with E-state index >= 15 is 0 Å². The highest BCUT2D eigenvalue weighted by Crippen LogP contribution is 2.19. The maximum atomic E-state index is 10.7. The van der Waals surface area contributed by atoms with Crippen molar-refractivity contribution in [2.75, 3.05) is 12.3 Å². The van der Waals surface area contributed by atoms with Crippen LogP contribution in [0.4, 0.5) is 5.69 Å². The van der Waals surface area contributed by atoms with E-state index in [2.05, 4.69) is 10.3 Å². The van der Waals surface area contributed by atoms with Crippen LogP contribution in [0, 0.1) is 6.92 Å². The van der Waals surface area contributed by atoms with Crippen LogP contribution in [0.3, 0.4) is 0 Å². The van der Waals surface area contributed by atoms with Crippen LogP contribution in [0.2, 0.25) is 0 Å². The Morgan fingerprint density at radius 2 is 2.24 bits per heavy atom. The van der Waals surface area contributed by atoms with Crippen molar-refractivity contribution < 1.29 is 15.0 Å². The highest BCUT2D eigenvalue weighted by Gasteiger charge is 2.19. The van der Waals surface area contributed by atoms with Crippen LogP contribution in [-0.4, -0.2) is 33.8 Å². The Morgan fingerprint density at radius 3 is 2.76 bits per heavy atom. The van der Waals surface area contributed by atoms with Gasteiger partial charge >= 0.3 is 0 Å². The van der Waals surface area contributed by atoms with Gasteiger partial charge in [-0.1, -0.05) is 0 Å². The molecule has 5 N–H and O–H groups in total. The van der Waals surface area contributed by atoms with Crippen molar-refractivity contribution in [2.45, 2.75) is 26.1 Å². The third-order valence-corrected chi connectivity index (χ3v) is 2.41. The minimum atomic E-state index is -1.13. The first kappa shape index (κ1) is 13.4. The second-order valence-corrected chi connectivity index (χ2v) is 3.89. The topological polar surface area (TPSA) is 108 Å². The lowest BCUT2D eigenvalue weighted by Crippen LogP contribution is -2.34. The zero-order chi connectivity index (χ0) is 13.0. The Balaban J connectivity index is 2.70. The Morgan fingerprint density at radius 1 is 1.59 bits per heavy atom. The molecule has 1 amide bonds. The zero-order valence-electron chi connectivity index (χ0n) is 9.84. The molecule has 0 bridgehead atoms. The van der Waals surface area contributed by atoms with E-state index in [0.29, 0.717) is 16.9 Å². The molecule has 0 saturated carbocycles. The largest absolute Gasteiger partial charge is 0.397 e. The molecular formula is C11H17N3O3. The van der Waals surface area contributed by atoms with E-state index in [-0.39, 0.29) is 12.5 Å². The van der Waals surface area contributed by atoms with Crippen molar-refractivity contribution >= 4 is 11.6 Å². The summed E-state index contributed by atoms with van der Waals surface area (Å²) in [6.07, 6.45) is -0.770. The van der Waals surface area contributed by atoms with Crippen molar-refractivity contribution in [1.29, 1.82) is 0 Å². The molecule has 0 spiro atoms. The van der Waals surface area contributed by atoms with E-state index in [1.807, 2.05) is 0 Å². The molecule has 2 unspecified atom stereocenters. The molecule has 0 radical (unpaired) electrons. The van der Waals surface area contributed by atoms with Gasteiger partial charge in [-0.05, 0) is 13.0 Å². The molecule has 0 aliphatic carbocycles. The Labute approximate surface area is 99.5 Å². The van der Waals surface area contributed by atoms with Gasteiger partial charge in [0.15, 0.2) is 0 Å². The lowest BCUT2D eigenvalue weighted by molar-refractivity contribution is -0.119. The number of aliphatic hydroxyl groups is 2. The first-order chi connectivity index (χ1) is 7.91. The van der Waals surface area contributed by atoms with Crippen molar-refractivity contribution in [3.63, 3.8) is 0 Å². The average Bonchev–Trinajstić information content (AvgIpc) is 2.28. The number of carbonyl (C=O) groups is 1. The summed E-state index contributed by atoms with van der Waals surface area (Å²) in [5.74, 6) is -0.266. The fourth-order valence-electron chi connectivity index (χ4n) is 1.31. The van der Waals surface area contributed by atoms with E-state index in [4.69, 9.17) is 5.73 Å². The highest BCUT2D eigenvalue weighted by molar-refractivity contribution is 5.72. The van der Waals surface area contributed by atoms with Gasteiger partial charge in [-0.15, -0.1) is 0 Å². The molecule has 0 aliphatic rings. The van der Waals surface area contributed by atoms with E-state index in [1.54, 1.807) is 13.0 Å². The standard InChI is InChI=1S/C11H17N3O3/c1-6-9(12)3-8(4-13-6)11(17)10(16)5-14-7(2)15/h3-4,10-11,16-17H,5,12H2,1-2H3,(H,14,15). The van der Waals surface area contributed by atoms with Gasteiger partial charge in [-0.25, -0.2) is 0 Å². The number of carbonyl (C=O) groups excluding carboxylic acids is 1. The summed E-state index contributed by atoms with van der Waals surface area (Å²) in [6, 6.07) is 1.56. The maximum Gasteiger partial charge on any atom is 0.216 e. The molecule has 0 aliphatic heterocycles. The smallest absolute Gasteiger partial charge is 0.216 e. The van der Waals surface area contributed by atoms with E-state index in [9.17, 15) is 15.0 Å². The van der Waals surface area contributed by atoms with Gasteiger partial charge in [0.05, 0.1) is 11.4 Å². The number of anilines is 1. The van der Waals surface area contributed by atoms with Crippen LogP contribution in [-0.2, 0) is 4.79 Å². The van der Waals surface area contributed by atoms with Crippen LogP contribution >= 0.6 is 0 Å². The minimum Gasteiger partial charge on any atom is -0.397 e. The van der Waals surface area contributed by atoms with Gasteiger partial charge in [-0.3, -0.25) is 9.78 Å². The first-order valence-corrected chi connectivity index (χ1v) is 5.24. The molecule has 1 aromatic heterocycles. The number of hydrogen-bond acceptors (Lipinski definition) is 5. The van der Waals surface area contributed by atoms with Gasteiger partial charge in [0.1, 0.15) is 12.2 Å². The maximum absolute atomic E-state index is 10.7. The number of aliphatic hydroxyl groups excluding tert-OH is 2. The lowest BCUT2D eigenvalue weighted by Gasteiger charge is -2.18. The average molecular weight is 239 g/mol. The zero-order valence-corrected chi connectivity index (χ0v) is 9.84. The molecule has 6 heteroatoms. The molecule has 6 nitrogen and oxygen atoms in total. The fourth-order valence-corrected chi connectivity index (χ4v) is 1.31. The van der Waals surface area contributed by atoms with Crippen molar-refractivity contribution in [3.8, 4) is 0 Å². The monoisotopic (exact) mass is 239 g/mol. The number of nitrogen functional groups attached to an aromatic ring is 1. The first-order valence-electron chi connectivity index (χ1n) is 5.24. The lowest BCUT2D eigenvalue weighted by atomic mass is 10.1. The normalized spacial score (nSPS) is 14.1. The molecule has 1 heterocycles. The van der Waals surface area contributed by atoms with Crippen LogP contribution in [0.1, 0.15) is 24.3 Å². The van der Waals surface area contributed by atoms with Crippen LogP contribution in [0.15, 0.2) is 12.3 Å². The van der Waals surface area contributed by atoms with Gasteiger partial charge in [0, 0.05) is 25.2 Å². The Hall–Kier alpha value is -1.66. The molecule has 0 fully saturated rings. The number of amides is 1. The predicted molar refractivity (Wildman–Crippen MR) is 63.0 cm³/mol. The third kappa shape index (κ3) is 3.69. The van der Waals surface area contributed by atoms with Crippen molar-refractivity contribution in [3.05, 3.63) is 23.5 Å². The minimum absolute atomic E-state index is 0.0235. The molecule has 1 aromatic rings. The van der Waals surface area contributed by atoms with Crippen LogP contribution in [0.5, 0.6) is 0 Å². The van der Waals surface area contributed by atoms with Gasteiger partial charge < -0.3 is 21.3 Å². The number of nitrogens with two attached hydrogens (primary N) is 1.